The minimum Gasteiger partial charge on any atom is -0.489 e. The van der Waals surface area contributed by atoms with Crippen LogP contribution in [0.3, 0.4) is 0 Å². The Morgan fingerprint density at radius 2 is 1.71 bits per heavy atom. The highest BCUT2D eigenvalue weighted by Gasteiger charge is 2.14. The normalized spacial score (nSPS) is 12.6. The molecule has 1 aliphatic rings. The van der Waals surface area contributed by atoms with Crippen LogP contribution in [0.2, 0.25) is 10.0 Å². The first kappa shape index (κ1) is 21.1. The number of benzene rings is 3. The first-order valence-electron chi connectivity index (χ1n) is 9.48. The fourth-order valence-corrected chi connectivity index (χ4v) is 3.65. The van der Waals surface area contributed by atoms with E-state index in [1.807, 2.05) is 12.1 Å². The van der Waals surface area contributed by atoms with E-state index in [4.69, 9.17) is 37.4 Å². The molecule has 3 aromatic rings. The molecule has 1 aliphatic heterocycles. The number of carboxylic acids is 1. The van der Waals surface area contributed by atoms with Crippen LogP contribution in [-0.2, 0) is 17.8 Å². The molecule has 158 valence electrons. The van der Waals surface area contributed by atoms with Crippen molar-refractivity contribution in [1.29, 1.82) is 0 Å². The van der Waals surface area contributed by atoms with Crippen LogP contribution in [0.5, 0.6) is 17.2 Å². The standard InChI is InChI=1S/C24H18Cl2O5/c25-20-2-1-3-21(26)19(20)13-29-18-7-4-15(5-8-18)10-17(24(27)28)11-16-6-9-22-23(12-16)31-14-30-22/h1-9,11-12H,10,13-14H2,(H,27,28). The van der Waals surface area contributed by atoms with Gasteiger partial charge in [0.05, 0.1) is 0 Å². The second kappa shape index (κ2) is 9.33. The average Bonchev–Trinajstić information content (AvgIpc) is 3.22. The van der Waals surface area contributed by atoms with Gasteiger partial charge in [0.25, 0.3) is 0 Å². The van der Waals surface area contributed by atoms with E-state index < -0.39 is 5.97 Å². The predicted octanol–water partition coefficient (Wildman–Crippen LogP) is 6.01. The molecular weight excluding hydrogens is 439 g/mol. The van der Waals surface area contributed by atoms with E-state index in [1.54, 1.807) is 54.6 Å². The third-order valence-electron chi connectivity index (χ3n) is 4.78. The number of fused-ring (bicyclic) bond motifs is 1. The summed E-state index contributed by atoms with van der Waals surface area (Å²) in [6, 6.07) is 17.9. The van der Waals surface area contributed by atoms with Crippen molar-refractivity contribution in [3.8, 4) is 17.2 Å². The molecule has 1 heterocycles. The van der Waals surface area contributed by atoms with E-state index in [1.165, 1.54) is 0 Å². The number of ether oxygens (including phenoxy) is 3. The Morgan fingerprint density at radius 1 is 1.00 bits per heavy atom. The van der Waals surface area contributed by atoms with Crippen molar-refractivity contribution in [1.82, 2.24) is 0 Å². The van der Waals surface area contributed by atoms with Crippen LogP contribution in [0.4, 0.5) is 0 Å². The van der Waals surface area contributed by atoms with Gasteiger partial charge in [0.2, 0.25) is 6.79 Å². The molecule has 31 heavy (non-hydrogen) atoms. The van der Waals surface area contributed by atoms with Crippen molar-refractivity contribution in [3.63, 3.8) is 0 Å². The number of hydrogen-bond donors (Lipinski definition) is 1. The summed E-state index contributed by atoms with van der Waals surface area (Å²) in [4.78, 5) is 11.8. The smallest absolute Gasteiger partial charge is 0.331 e. The monoisotopic (exact) mass is 456 g/mol. The number of carboxylic acid groups (broad SMARTS) is 1. The molecule has 5 nitrogen and oxygen atoms in total. The summed E-state index contributed by atoms with van der Waals surface area (Å²) in [6.45, 7) is 0.410. The van der Waals surface area contributed by atoms with Gasteiger partial charge in [-0.1, -0.05) is 47.5 Å². The number of halogens is 2. The molecule has 0 fully saturated rings. The molecule has 0 amide bonds. The Hall–Kier alpha value is -3.15. The summed E-state index contributed by atoms with van der Waals surface area (Å²) in [5, 5.41) is 10.7. The molecule has 0 atom stereocenters. The highest BCUT2D eigenvalue weighted by atomic mass is 35.5. The fourth-order valence-electron chi connectivity index (χ4n) is 3.14. The van der Waals surface area contributed by atoms with Gasteiger partial charge in [-0.2, -0.15) is 0 Å². The lowest BCUT2D eigenvalue weighted by molar-refractivity contribution is -0.132. The van der Waals surface area contributed by atoms with Gasteiger partial charge in [0.15, 0.2) is 11.5 Å². The molecule has 7 heteroatoms. The maximum atomic E-state index is 11.8. The lowest BCUT2D eigenvalue weighted by Gasteiger charge is -2.10. The predicted molar refractivity (Wildman–Crippen MR) is 119 cm³/mol. The number of aliphatic carboxylic acids is 1. The number of carbonyl (C=O) groups is 1. The van der Waals surface area contributed by atoms with Gasteiger partial charge < -0.3 is 19.3 Å². The molecule has 0 spiro atoms. The number of rotatable bonds is 7. The highest BCUT2D eigenvalue weighted by molar-refractivity contribution is 6.35. The van der Waals surface area contributed by atoms with Crippen LogP contribution in [0.15, 0.2) is 66.2 Å². The lowest BCUT2D eigenvalue weighted by Crippen LogP contribution is -2.04. The molecular formula is C24H18Cl2O5. The van der Waals surface area contributed by atoms with Crippen molar-refractivity contribution >= 4 is 35.2 Å². The van der Waals surface area contributed by atoms with Crippen LogP contribution in [0, 0.1) is 0 Å². The van der Waals surface area contributed by atoms with Crippen LogP contribution < -0.4 is 14.2 Å². The molecule has 3 aromatic carbocycles. The van der Waals surface area contributed by atoms with Gasteiger partial charge in [0, 0.05) is 27.6 Å². The van der Waals surface area contributed by atoms with Crippen LogP contribution in [0.25, 0.3) is 6.08 Å². The largest absolute Gasteiger partial charge is 0.489 e. The van der Waals surface area contributed by atoms with Crippen LogP contribution >= 0.6 is 23.2 Å². The van der Waals surface area contributed by atoms with Gasteiger partial charge in [-0.05, 0) is 53.6 Å². The zero-order valence-corrected chi connectivity index (χ0v) is 17.8. The van der Waals surface area contributed by atoms with Crippen LogP contribution in [-0.4, -0.2) is 17.9 Å². The third kappa shape index (κ3) is 5.13. The van der Waals surface area contributed by atoms with E-state index >= 15 is 0 Å². The second-order valence-corrected chi connectivity index (χ2v) is 7.71. The molecule has 0 bridgehead atoms. The summed E-state index contributed by atoms with van der Waals surface area (Å²) in [7, 11) is 0. The van der Waals surface area contributed by atoms with E-state index in [0.29, 0.717) is 27.3 Å². The first-order valence-corrected chi connectivity index (χ1v) is 10.2. The molecule has 4 rings (SSSR count). The van der Waals surface area contributed by atoms with E-state index in [2.05, 4.69) is 0 Å². The van der Waals surface area contributed by atoms with Crippen molar-refractivity contribution < 1.29 is 24.1 Å². The van der Waals surface area contributed by atoms with Crippen molar-refractivity contribution in [2.75, 3.05) is 6.79 Å². The summed E-state index contributed by atoms with van der Waals surface area (Å²) in [5.74, 6) is 0.920. The van der Waals surface area contributed by atoms with E-state index in [9.17, 15) is 9.90 Å². The molecule has 0 saturated carbocycles. The highest BCUT2D eigenvalue weighted by Crippen LogP contribution is 2.33. The molecule has 0 aromatic heterocycles. The summed E-state index contributed by atoms with van der Waals surface area (Å²) < 4.78 is 16.4. The Bertz CT molecular complexity index is 1120. The Balaban J connectivity index is 1.44. The van der Waals surface area contributed by atoms with Gasteiger partial charge in [-0.3, -0.25) is 0 Å². The second-order valence-electron chi connectivity index (χ2n) is 6.90. The van der Waals surface area contributed by atoms with Crippen molar-refractivity contribution in [2.45, 2.75) is 13.0 Å². The summed E-state index contributed by atoms with van der Waals surface area (Å²) in [5.41, 5.74) is 2.56. The molecule has 0 saturated heterocycles. The van der Waals surface area contributed by atoms with Gasteiger partial charge in [-0.25, -0.2) is 4.79 Å². The minimum atomic E-state index is -0.980. The SMILES string of the molecule is O=C(O)C(=Cc1ccc2c(c1)OCO2)Cc1ccc(OCc2c(Cl)cccc2Cl)cc1. The van der Waals surface area contributed by atoms with E-state index in [0.717, 1.165) is 16.7 Å². The van der Waals surface area contributed by atoms with Crippen molar-refractivity contribution in [2.24, 2.45) is 0 Å². The Morgan fingerprint density at radius 3 is 2.42 bits per heavy atom. The maximum Gasteiger partial charge on any atom is 0.331 e. The third-order valence-corrected chi connectivity index (χ3v) is 5.48. The zero-order chi connectivity index (χ0) is 21.8. The molecule has 0 unspecified atom stereocenters. The first-order chi connectivity index (χ1) is 15.0. The van der Waals surface area contributed by atoms with Crippen molar-refractivity contribution in [3.05, 3.63) is 93.0 Å². The molecule has 1 N–H and O–H groups in total. The van der Waals surface area contributed by atoms with Gasteiger partial charge in [0.1, 0.15) is 12.4 Å². The van der Waals surface area contributed by atoms with E-state index in [-0.39, 0.29) is 25.4 Å². The topological polar surface area (TPSA) is 65.0 Å². The van der Waals surface area contributed by atoms with Gasteiger partial charge >= 0.3 is 5.97 Å². The average molecular weight is 457 g/mol. The molecule has 0 radical (unpaired) electrons. The zero-order valence-electron chi connectivity index (χ0n) is 16.3. The van der Waals surface area contributed by atoms with Crippen LogP contribution in [0.1, 0.15) is 16.7 Å². The Labute approximate surface area is 189 Å². The quantitative estimate of drug-likeness (QED) is 0.440. The Kier molecular flexibility index (Phi) is 6.35. The number of hydrogen-bond acceptors (Lipinski definition) is 4. The fraction of sp³-hybridized carbons (Fsp3) is 0.125. The molecule has 0 aliphatic carbocycles. The summed E-state index contributed by atoms with van der Waals surface area (Å²) >= 11 is 12.3. The van der Waals surface area contributed by atoms with Gasteiger partial charge in [-0.15, -0.1) is 0 Å². The maximum absolute atomic E-state index is 11.8. The lowest BCUT2D eigenvalue weighted by atomic mass is 10.0. The minimum absolute atomic E-state index is 0.172. The summed E-state index contributed by atoms with van der Waals surface area (Å²) in [6.07, 6.45) is 1.90.